The van der Waals surface area contributed by atoms with E-state index in [-0.39, 0.29) is 11.1 Å². The Kier molecular flexibility index (Phi) is 8.28. The molecule has 4 rings (SSSR count). The van der Waals surface area contributed by atoms with Crippen LogP contribution in [0.5, 0.6) is 34.5 Å². The molecule has 0 N–H and O–H groups in total. The van der Waals surface area contributed by atoms with Crippen LogP contribution >= 0.6 is 0 Å². The number of carbonyl (C=O) groups excluding carboxylic acids is 3. The zero-order valence-electron chi connectivity index (χ0n) is 23.0. The molecule has 3 aromatic carbocycles. The van der Waals surface area contributed by atoms with Gasteiger partial charge in [-0.25, -0.2) is 0 Å². The molecule has 1 aliphatic rings. The van der Waals surface area contributed by atoms with Gasteiger partial charge < -0.3 is 28.4 Å². The molecule has 0 saturated heterocycles. The second kappa shape index (κ2) is 11.8. The summed E-state index contributed by atoms with van der Waals surface area (Å²) in [5.41, 5.74) is 1.23. The van der Waals surface area contributed by atoms with Crippen LogP contribution in [0.4, 0.5) is 0 Å². The molecule has 40 heavy (non-hydrogen) atoms. The summed E-state index contributed by atoms with van der Waals surface area (Å²) in [5, 5.41) is 0. The minimum atomic E-state index is -0.647. The van der Waals surface area contributed by atoms with Gasteiger partial charge in [0, 0.05) is 5.56 Å². The van der Waals surface area contributed by atoms with Crippen LogP contribution in [0.25, 0.3) is 11.1 Å². The maximum Gasteiger partial charge on any atom is 0.262 e. The fraction of sp³-hybridized carbons (Fsp3) is 0.233. The smallest absolute Gasteiger partial charge is 0.262 e. The lowest BCUT2D eigenvalue weighted by Crippen LogP contribution is -2.36. The van der Waals surface area contributed by atoms with E-state index in [2.05, 4.69) is 0 Å². The van der Waals surface area contributed by atoms with Crippen LogP contribution in [0.1, 0.15) is 21.5 Å². The lowest BCUT2D eigenvalue weighted by Gasteiger charge is -2.16. The average molecular weight is 548 g/mol. The van der Waals surface area contributed by atoms with E-state index in [4.69, 9.17) is 28.4 Å². The average Bonchev–Trinajstić information content (AvgIpc) is 3.24. The molecule has 3 aromatic rings. The normalized spacial score (nSPS) is 12.9. The van der Waals surface area contributed by atoms with Gasteiger partial charge in [0.1, 0.15) is 5.75 Å². The quantitative estimate of drug-likeness (QED) is 0.261. The fourth-order valence-corrected chi connectivity index (χ4v) is 4.48. The van der Waals surface area contributed by atoms with Crippen LogP contribution in [0.2, 0.25) is 0 Å². The summed E-state index contributed by atoms with van der Waals surface area (Å²) < 4.78 is 32.3. The van der Waals surface area contributed by atoms with Crippen molar-refractivity contribution in [1.29, 1.82) is 0 Å². The van der Waals surface area contributed by atoms with Crippen molar-refractivity contribution in [2.45, 2.75) is 0 Å². The molecule has 10 heteroatoms. The zero-order valence-corrected chi connectivity index (χ0v) is 23.0. The van der Waals surface area contributed by atoms with E-state index in [9.17, 15) is 14.4 Å². The Morgan fingerprint density at radius 3 is 1.62 bits per heavy atom. The minimum absolute atomic E-state index is 0.0685. The summed E-state index contributed by atoms with van der Waals surface area (Å²) in [6.07, 6.45) is 0. The third-order valence-corrected chi connectivity index (χ3v) is 6.51. The van der Waals surface area contributed by atoms with Crippen molar-refractivity contribution in [1.82, 2.24) is 4.90 Å². The van der Waals surface area contributed by atoms with Crippen LogP contribution < -0.4 is 28.4 Å². The van der Waals surface area contributed by atoms with Crippen LogP contribution in [-0.4, -0.2) is 71.7 Å². The van der Waals surface area contributed by atoms with Gasteiger partial charge in [0.15, 0.2) is 28.8 Å². The highest BCUT2D eigenvalue weighted by Crippen LogP contribution is 2.44. The van der Waals surface area contributed by atoms with Crippen molar-refractivity contribution in [3.63, 3.8) is 0 Å². The number of hydrogen-bond acceptors (Lipinski definition) is 9. The van der Waals surface area contributed by atoms with E-state index >= 15 is 0 Å². The molecule has 10 nitrogen and oxygen atoms in total. The van der Waals surface area contributed by atoms with Gasteiger partial charge in [-0.2, -0.15) is 0 Å². The van der Waals surface area contributed by atoms with Crippen molar-refractivity contribution in [3.05, 3.63) is 71.3 Å². The summed E-state index contributed by atoms with van der Waals surface area (Å²) in [6.45, 7) is -0.464. The molecule has 0 unspecified atom stereocenters. The number of carbonyl (C=O) groups is 3. The lowest BCUT2D eigenvalue weighted by molar-refractivity contribution is -0.135. The Hall–Kier alpha value is -4.99. The molecule has 0 aromatic heterocycles. The molecule has 0 bridgehead atoms. The van der Waals surface area contributed by atoms with Crippen LogP contribution in [0, 0.1) is 0 Å². The number of nitrogens with zero attached hydrogens (tertiary/aromatic N) is 1. The van der Waals surface area contributed by atoms with Gasteiger partial charge in [-0.1, -0.05) is 6.07 Å². The molecule has 0 radical (unpaired) electrons. The third-order valence-electron chi connectivity index (χ3n) is 6.51. The molecule has 1 aliphatic heterocycles. The molecular weight excluding hydrogens is 518 g/mol. The molecule has 0 aliphatic carbocycles. The Bertz CT molecular complexity index is 1470. The topological polar surface area (TPSA) is 110 Å². The number of ether oxygens (including phenoxy) is 6. The first kappa shape index (κ1) is 28.0. The molecule has 208 valence electrons. The highest BCUT2D eigenvalue weighted by Gasteiger charge is 2.41. The third kappa shape index (κ3) is 5.03. The SMILES string of the molecule is COc1ccc(C(=O)CN2C(=O)C(c3ccc(OC)c(OC)c3)=C(c3cc(OC)c(OC)c(OC)c3)C2=O)cc1. The van der Waals surface area contributed by atoms with Crippen molar-refractivity contribution < 1.29 is 42.8 Å². The number of Topliss-reactive ketones (excluding diaryl/α,β-unsaturated/α-hetero) is 1. The predicted molar refractivity (Wildman–Crippen MR) is 147 cm³/mol. The Balaban J connectivity index is 1.86. The highest BCUT2D eigenvalue weighted by molar-refractivity contribution is 6.49. The lowest BCUT2D eigenvalue weighted by atomic mass is 9.95. The Morgan fingerprint density at radius 2 is 1.12 bits per heavy atom. The van der Waals surface area contributed by atoms with Gasteiger partial charge in [-0.05, 0) is 59.7 Å². The molecule has 1 heterocycles. The number of rotatable bonds is 11. The zero-order chi connectivity index (χ0) is 29.0. The predicted octanol–water partition coefficient (Wildman–Crippen LogP) is 3.90. The van der Waals surface area contributed by atoms with Gasteiger partial charge in [0.05, 0.1) is 60.3 Å². The van der Waals surface area contributed by atoms with E-state index in [0.717, 1.165) is 4.90 Å². The second-order valence-electron chi connectivity index (χ2n) is 8.58. The Labute approximate surface area is 231 Å². The number of methoxy groups -OCH3 is 6. The summed E-state index contributed by atoms with van der Waals surface area (Å²) in [4.78, 5) is 41.8. The first-order chi connectivity index (χ1) is 19.3. The van der Waals surface area contributed by atoms with Crippen LogP contribution in [0.3, 0.4) is 0 Å². The fourth-order valence-electron chi connectivity index (χ4n) is 4.48. The Morgan fingerprint density at radius 1 is 0.600 bits per heavy atom. The monoisotopic (exact) mass is 547 g/mol. The number of hydrogen-bond donors (Lipinski definition) is 0. The maximum atomic E-state index is 13.9. The van der Waals surface area contributed by atoms with E-state index < -0.39 is 24.1 Å². The summed E-state index contributed by atoms with van der Waals surface area (Å²) >= 11 is 0. The van der Waals surface area contributed by atoms with E-state index in [1.807, 2.05) is 0 Å². The van der Waals surface area contributed by atoms with Gasteiger partial charge in [-0.3, -0.25) is 19.3 Å². The number of benzene rings is 3. The molecule has 0 fully saturated rings. The highest BCUT2D eigenvalue weighted by atomic mass is 16.5. The maximum absolute atomic E-state index is 13.9. The van der Waals surface area contributed by atoms with Crippen LogP contribution in [-0.2, 0) is 9.59 Å². The number of imide groups is 1. The molecule has 0 spiro atoms. The van der Waals surface area contributed by atoms with Crippen LogP contribution in [0.15, 0.2) is 54.6 Å². The molecule has 2 amide bonds. The van der Waals surface area contributed by atoms with E-state index in [1.165, 1.54) is 42.7 Å². The van der Waals surface area contributed by atoms with Gasteiger partial charge >= 0.3 is 0 Å². The molecule has 0 saturated carbocycles. The van der Waals surface area contributed by atoms with Crippen molar-refractivity contribution in [3.8, 4) is 34.5 Å². The van der Waals surface area contributed by atoms with Crippen molar-refractivity contribution in [2.75, 3.05) is 49.2 Å². The molecular formula is C30H29NO9. The molecule has 0 atom stereocenters. The van der Waals surface area contributed by atoms with Gasteiger partial charge in [0.2, 0.25) is 5.75 Å². The summed E-state index contributed by atoms with van der Waals surface area (Å²) in [6, 6.07) is 14.5. The summed E-state index contributed by atoms with van der Waals surface area (Å²) in [5.74, 6) is 0.607. The van der Waals surface area contributed by atoms with Gasteiger partial charge in [0.25, 0.3) is 11.8 Å². The largest absolute Gasteiger partial charge is 0.497 e. The first-order valence-corrected chi connectivity index (χ1v) is 12.1. The standard InChI is InChI=1S/C30H29NO9/c1-35-20-10-7-17(8-11-20)21(32)16-31-29(33)26(18-9-12-22(36-2)23(13-18)37-3)27(30(31)34)19-14-24(38-4)28(40-6)25(15-19)39-5/h7-15H,16H2,1-6H3. The number of ketones is 1. The van der Waals surface area contributed by atoms with Gasteiger partial charge in [-0.15, -0.1) is 0 Å². The van der Waals surface area contributed by atoms with E-state index in [0.29, 0.717) is 51.2 Å². The van der Waals surface area contributed by atoms with Crippen molar-refractivity contribution in [2.24, 2.45) is 0 Å². The summed E-state index contributed by atoms with van der Waals surface area (Å²) in [7, 11) is 8.85. The minimum Gasteiger partial charge on any atom is -0.497 e. The van der Waals surface area contributed by atoms with E-state index in [1.54, 1.807) is 54.6 Å². The van der Waals surface area contributed by atoms with Crippen molar-refractivity contribution >= 4 is 28.7 Å². The number of amides is 2. The first-order valence-electron chi connectivity index (χ1n) is 12.1. The second-order valence-corrected chi connectivity index (χ2v) is 8.58.